The van der Waals surface area contributed by atoms with E-state index in [2.05, 4.69) is 17.2 Å². The smallest absolute Gasteiger partial charge is 0.305 e. The molecule has 0 aromatic heterocycles. The van der Waals surface area contributed by atoms with Crippen molar-refractivity contribution in [2.75, 3.05) is 27.7 Å². The zero-order valence-corrected chi connectivity index (χ0v) is 15.9. The summed E-state index contributed by atoms with van der Waals surface area (Å²) >= 11 is 0. The predicted molar refractivity (Wildman–Crippen MR) is 105 cm³/mol. The normalized spacial score (nSPS) is 11.8. The van der Waals surface area contributed by atoms with Crippen LogP contribution in [0.2, 0.25) is 0 Å². The van der Waals surface area contributed by atoms with Crippen molar-refractivity contribution < 1.29 is 19.2 Å². The van der Waals surface area contributed by atoms with Crippen LogP contribution < -0.4 is 5.32 Å². The van der Waals surface area contributed by atoms with Crippen LogP contribution in [-0.2, 0) is 4.79 Å². The maximum absolute atomic E-state index is 12.5. The summed E-state index contributed by atoms with van der Waals surface area (Å²) in [7, 11) is 5.88. The molecule has 0 bridgehead atoms. The summed E-state index contributed by atoms with van der Waals surface area (Å²) in [6.45, 7) is 0.526. The van der Waals surface area contributed by atoms with E-state index < -0.39 is 12.0 Å². The number of quaternary nitrogens is 1. The number of aliphatic carboxylic acids is 1. The minimum atomic E-state index is -0.930. The van der Waals surface area contributed by atoms with E-state index in [9.17, 15) is 9.59 Å². The summed E-state index contributed by atoms with van der Waals surface area (Å²) in [5.41, 5.74) is 2.22. The second-order valence-electron chi connectivity index (χ2n) is 7.43. The Morgan fingerprint density at radius 3 is 2.04 bits per heavy atom. The number of likely N-dealkylation sites (N-methyl/N-ethyl adjacent to an activating group) is 1. The highest BCUT2D eigenvalue weighted by Crippen LogP contribution is 2.07. The molecule has 5 heteroatoms. The number of nitrogens with one attached hydrogen (secondary N) is 1. The van der Waals surface area contributed by atoms with Gasteiger partial charge < -0.3 is 14.9 Å². The van der Waals surface area contributed by atoms with E-state index in [0.29, 0.717) is 16.6 Å². The zero-order chi connectivity index (χ0) is 19.9. The number of benzene rings is 2. The lowest BCUT2D eigenvalue weighted by atomic mass is 10.1. The Morgan fingerprint density at radius 1 is 0.963 bits per heavy atom. The van der Waals surface area contributed by atoms with Crippen LogP contribution in [0.25, 0.3) is 0 Å². The first-order valence-electron chi connectivity index (χ1n) is 8.73. The predicted octanol–water partition coefficient (Wildman–Crippen LogP) is 2.37. The van der Waals surface area contributed by atoms with Crippen LogP contribution in [-0.4, -0.2) is 55.2 Å². The van der Waals surface area contributed by atoms with Crippen LogP contribution in [0.15, 0.2) is 54.6 Å². The van der Waals surface area contributed by atoms with Crippen molar-refractivity contribution in [3.05, 3.63) is 71.3 Å². The summed E-state index contributed by atoms with van der Waals surface area (Å²) in [6, 6.07) is 16.2. The minimum Gasteiger partial charge on any atom is -0.481 e. The van der Waals surface area contributed by atoms with Gasteiger partial charge >= 0.3 is 5.97 Å². The topological polar surface area (TPSA) is 66.4 Å². The summed E-state index contributed by atoms with van der Waals surface area (Å²) in [5, 5.41) is 11.9. The van der Waals surface area contributed by atoms with Crippen molar-refractivity contribution in [3.8, 4) is 11.8 Å². The molecule has 0 saturated heterocycles. The molecule has 0 saturated carbocycles. The molecule has 0 aliphatic rings. The van der Waals surface area contributed by atoms with Gasteiger partial charge in [0.25, 0.3) is 5.91 Å². The lowest BCUT2D eigenvalue weighted by molar-refractivity contribution is -0.871. The van der Waals surface area contributed by atoms with Gasteiger partial charge in [-0.1, -0.05) is 30.0 Å². The van der Waals surface area contributed by atoms with Gasteiger partial charge in [0.15, 0.2) is 0 Å². The molecular weight excluding hydrogens is 340 g/mol. The number of amides is 1. The van der Waals surface area contributed by atoms with Crippen molar-refractivity contribution in [1.29, 1.82) is 0 Å². The Hall–Kier alpha value is -3.10. The van der Waals surface area contributed by atoms with Crippen molar-refractivity contribution in [2.24, 2.45) is 0 Å². The Balaban J connectivity index is 2.05. The third-order valence-electron chi connectivity index (χ3n) is 3.80. The molecule has 0 fully saturated rings. The molecular formula is C22H25N2O3+. The van der Waals surface area contributed by atoms with Crippen LogP contribution in [0, 0.1) is 11.8 Å². The van der Waals surface area contributed by atoms with Gasteiger partial charge in [0.2, 0.25) is 0 Å². The Morgan fingerprint density at radius 2 is 1.52 bits per heavy atom. The zero-order valence-electron chi connectivity index (χ0n) is 15.9. The first-order chi connectivity index (χ1) is 12.7. The highest BCUT2D eigenvalue weighted by molar-refractivity contribution is 5.94. The molecule has 0 spiro atoms. The lowest BCUT2D eigenvalue weighted by Crippen LogP contribution is -2.49. The molecule has 0 unspecified atom stereocenters. The number of hydrogen-bond donors (Lipinski definition) is 2. The Kier molecular flexibility index (Phi) is 6.75. The van der Waals surface area contributed by atoms with Gasteiger partial charge in [-0.3, -0.25) is 9.59 Å². The molecule has 0 aliphatic heterocycles. The van der Waals surface area contributed by atoms with Gasteiger partial charge in [0.1, 0.15) is 0 Å². The molecule has 2 rings (SSSR count). The number of hydrogen-bond acceptors (Lipinski definition) is 2. The van der Waals surface area contributed by atoms with Crippen LogP contribution in [0.1, 0.15) is 27.9 Å². The number of carboxylic acid groups (broad SMARTS) is 1. The number of carbonyl (C=O) groups excluding carboxylic acids is 1. The first-order valence-corrected chi connectivity index (χ1v) is 8.73. The number of nitrogens with zero attached hydrogens (tertiary/aromatic N) is 1. The minimum absolute atomic E-state index is 0.109. The number of rotatable bonds is 6. The van der Waals surface area contributed by atoms with Gasteiger partial charge in [-0.05, 0) is 36.4 Å². The maximum Gasteiger partial charge on any atom is 0.305 e. The van der Waals surface area contributed by atoms with Crippen molar-refractivity contribution >= 4 is 11.9 Å². The second-order valence-corrected chi connectivity index (χ2v) is 7.43. The van der Waals surface area contributed by atoms with E-state index in [0.717, 1.165) is 11.1 Å². The fourth-order valence-corrected chi connectivity index (χ4v) is 2.67. The standard InChI is InChI=1S/C22H24N2O3/c1-24(2,3)16-20(15-21(25)26)23-22(27)19-13-11-18(12-14-19)10-9-17-7-5-4-6-8-17/h4-8,11-14,20H,15-16H2,1-3H3,(H-,23,25,26,27)/p+1/t20-/m1/s1. The molecule has 5 nitrogen and oxygen atoms in total. The summed E-state index contributed by atoms with van der Waals surface area (Å²) < 4.78 is 0.562. The van der Waals surface area contributed by atoms with Crippen LogP contribution in [0.5, 0.6) is 0 Å². The molecule has 0 aliphatic carbocycles. The molecule has 140 valence electrons. The average molecular weight is 365 g/mol. The third-order valence-corrected chi connectivity index (χ3v) is 3.80. The summed E-state index contributed by atoms with van der Waals surface area (Å²) in [4.78, 5) is 23.5. The van der Waals surface area contributed by atoms with Gasteiger partial charge in [-0.25, -0.2) is 0 Å². The largest absolute Gasteiger partial charge is 0.481 e. The molecule has 2 N–H and O–H groups in total. The van der Waals surface area contributed by atoms with E-state index in [1.54, 1.807) is 24.3 Å². The summed E-state index contributed by atoms with van der Waals surface area (Å²) in [5.74, 6) is 4.92. The highest BCUT2D eigenvalue weighted by Gasteiger charge is 2.23. The Labute approximate surface area is 160 Å². The van der Waals surface area contributed by atoms with Crippen molar-refractivity contribution in [1.82, 2.24) is 5.32 Å². The van der Waals surface area contributed by atoms with Gasteiger partial charge in [-0.15, -0.1) is 0 Å². The third kappa shape index (κ3) is 7.35. The van der Waals surface area contributed by atoms with E-state index in [1.807, 2.05) is 51.5 Å². The molecule has 27 heavy (non-hydrogen) atoms. The fourth-order valence-electron chi connectivity index (χ4n) is 2.67. The van der Waals surface area contributed by atoms with Gasteiger partial charge in [0, 0.05) is 16.7 Å². The van der Waals surface area contributed by atoms with E-state index >= 15 is 0 Å². The summed E-state index contributed by atoms with van der Waals surface area (Å²) in [6.07, 6.45) is -0.109. The molecule has 0 radical (unpaired) electrons. The Bertz CT molecular complexity index is 841. The number of carboxylic acids is 1. The number of carbonyl (C=O) groups is 2. The van der Waals surface area contributed by atoms with E-state index in [4.69, 9.17) is 5.11 Å². The molecule has 0 heterocycles. The van der Waals surface area contributed by atoms with Crippen LogP contribution in [0.4, 0.5) is 0 Å². The van der Waals surface area contributed by atoms with E-state index in [-0.39, 0.29) is 12.3 Å². The lowest BCUT2D eigenvalue weighted by Gasteiger charge is -2.29. The quantitative estimate of drug-likeness (QED) is 0.610. The highest BCUT2D eigenvalue weighted by atomic mass is 16.4. The van der Waals surface area contributed by atoms with E-state index in [1.165, 1.54) is 0 Å². The SMILES string of the molecule is C[N+](C)(C)C[C@@H](CC(=O)O)NC(=O)c1ccc(C#Cc2ccccc2)cc1. The maximum atomic E-state index is 12.5. The molecule has 1 atom stereocenters. The second kappa shape index (κ2) is 9.02. The van der Waals surface area contributed by atoms with Crippen molar-refractivity contribution in [2.45, 2.75) is 12.5 Å². The average Bonchev–Trinajstić information content (AvgIpc) is 2.59. The van der Waals surface area contributed by atoms with Gasteiger partial charge in [0.05, 0.1) is 40.2 Å². The molecule has 1 amide bonds. The fraction of sp³-hybridized carbons (Fsp3) is 0.273. The first kappa shape index (κ1) is 20.2. The van der Waals surface area contributed by atoms with Crippen LogP contribution in [0.3, 0.4) is 0 Å². The molecule has 2 aromatic rings. The van der Waals surface area contributed by atoms with Crippen LogP contribution >= 0.6 is 0 Å². The van der Waals surface area contributed by atoms with Gasteiger partial charge in [-0.2, -0.15) is 0 Å². The monoisotopic (exact) mass is 365 g/mol. The van der Waals surface area contributed by atoms with Crippen molar-refractivity contribution in [3.63, 3.8) is 0 Å². The molecule has 2 aromatic carbocycles.